The molecule has 3 N–H and O–H groups in total. The highest BCUT2D eigenvalue weighted by Crippen LogP contribution is 2.60. The smallest absolute Gasteiger partial charge is 0.246 e. The number of rotatable bonds is 4. The minimum atomic E-state index is -0.258. The average molecular weight is 316 g/mol. The summed E-state index contributed by atoms with van der Waals surface area (Å²) in [5.41, 5.74) is 1.44. The topological polar surface area (TPSA) is 86.9 Å². The highest BCUT2D eigenvalue weighted by Gasteiger charge is 2.52. The van der Waals surface area contributed by atoms with Crippen molar-refractivity contribution in [2.75, 3.05) is 11.9 Å². The fraction of sp³-hybridized carbons (Fsp3) is 0.706. The summed E-state index contributed by atoms with van der Waals surface area (Å²) in [5, 5.41) is 5.22. The molecule has 1 aromatic rings. The Bertz CT molecular complexity index is 601. The van der Waals surface area contributed by atoms with Gasteiger partial charge in [-0.2, -0.15) is 0 Å². The second kappa shape index (κ2) is 5.35. The monoisotopic (exact) mass is 316 g/mol. The van der Waals surface area contributed by atoms with E-state index in [1.54, 1.807) is 0 Å². The lowest BCUT2D eigenvalue weighted by molar-refractivity contribution is -0.122. The van der Waals surface area contributed by atoms with E-state index in [9.17, 15) is 9.59 Å². The molecule has 4 saturated carbocycles. The number of amides is 2. The quantitative estimate of drug-likeness (QED) is 0.793. The molecule has 124 valence electrons. The summed E-state index contributed by atoms with van der Waals surface area (Å²) in [6.45, 7) is 1.37. The third kappa shape index (κ3) is 2.75. The Morgan fingerprint density at radius 3 is 2.39 bits per heavy atom. The lowest BCUT2D eigenvalue weighted by Crippen LogP contribution is -2.48. The maximum atomic E-state index is 11.8. The van der Waals surface area contributed by atoms with Crippen molar-refractivity contribution in [3.05, 3.63) is 11.9 Å². The van der Waals surface area contributed by atoms with Crippen molar-refractivity contribution in [3.63, 3.8) is 0 Å². The number of carbonyl (C=O) groups is 2. The van der Waals surface area contributed by atoms with Gasteiger partial charge in [-0.3, -0.25) is 14.9 Å². The van der Waals surface area contributed by atoms with Crippen LogP contribution in [0.15, 0.2) is 6.20 Å². The lowest BCUT2D eigenvalue weighted by Gasteiger charge is -2.56. The van der Waals surface area contributed by atoms with E-state index in [4.69, 9.17) is 0 Å². The van der Waals surface area contributed by atoms with E-state index in [0.717, 1.165) is 17.8 Å². The van der Waals surface area contributed by atoms with E-state index in [1.807, 2.05) is 6.20 Å². The summed E-state index contributed by atoms with van der Waals surface area (Å²) in [5.74, 6) is 2.65. The van der Waals surface area contributed by atoms with Crippen molar-refractivity contribution in [1.29, 1.82) is 0 Å². The molecule has 4 bridgehead atoms. The average Bonchev–Trinajstić information content (AvgIpc) is 2.93. The maximum Gasteiger partial charge on any atom is 0.246 e. The van der Waals surface area contributed by atoms with Gasteiger partial charge in [0.2, 0.25) is 17.8 Å². The Morgan fingerprint density at radius 1 is 1.22 bits per heavy atom. The number of nitrogens with zero attached hydrogens (tertiary/aromatic N) is 1. The molecule has 0 aliphatic heterocycles. The van der Waals surface area contributed by atoms with Gasteiger partial charge >= 0.3 is 0 Å². The minimum absolute atomic E-state index is 0.0251. The van der Waals surface area contributed by atoms with Crippen LogP contribution < -0.4 is 10.6 Å². The zero-order valence-corrected chi connectivity index (χ0v) is 13.5. The Hall–Kier alpha value is -1.85. The summed E-state index contributed by atoms with van der Waals surface area (Å²) < 4.78 is 0. The summed E-state index contributed by atoms with van der Waals surface area (Å²) in [6.07, 6.45) is 9.93. The van der Waals surface area contributed by atoms with Crippen LogP contribution in [0.2, 0.25) is 0 Å². The number of H-pyrrole nitrogens is 1. The number of hydrogen-bond acceptors (Lipinski definition) is 3. The number of nitrogens with one attached hydrogen (secondary N) is 3. The number of imidazole rings is 1. The normalized spacial score (nSPS) is 34.4. The van der Waals surface area contributed by atoms with Gasteiger partial charge in [0, 0.05) is 18.0 Å². The van der Waals surface area contributed by atoms with Crippen LogP contribution in [0.5, 0.6) is 0 Å². The molecule has 5 rings (SSSR count). The van der Waals surface area contributed by atoms with Crippen LogP contribution in [0.1, 0.15) is 51.1 Å². The van der Waals surface area contributed by atoms with Crippen molar-refractivity contribution >= 4 is 17.8 Å². The first kappa shape index (κ1) is 14.7. The standard InChI is InChI=1S/C17H24N4O2/c1-10(22)18-9-15(23)21-16-19-8-14(20-16)17-5-11-2-12(6-17)4-13(3-11)7-17/h8,11-13H,2-7,9H2,1H3,(H,18,22)(H2,19,20,21,23). The van der Waals surface area contributed by atoms with Crippen LogP contribution in [0, 0.1) is 17.8 Å². The molecule has 1 heterocycles. The lowest BCUT2D eigenvalue weighted by atomic mass is 9.49. The van der Waals surface area contributed by atoms with Crippen molar-refractivity contribution in [2.24, 2.45) is 17.8 Å². The van der Waals surface area contributed by atoms with Gasteiger partial charge in [0.25, 0.3) is 0 Å². The number of aromatic amines is 1. The van der Waals surface area contributed by atoms with Crippen molar-refractivity contribution in [1.82, 2.24) is 15.3 Å². The summed E-state index contributed by atoms with van der Waals surface area (Å²) in [6, 6.07) is 0. The highest BCUT2D eigenvalue weighted by molar-refractivity contribution is 5.92. The van der Waals surface area contributed by atoms with Crippen molar-refractivity contribution < 1.29 is 9.59 Å². The van der Waals surface area contributed by atoms with E-state index >= 15 is 0 Å². The molecule has 23 heavy (non-hydrogen) atoms. The van der Waals surface area contributed by atoms with Gasteiger partial charge in [0.1, 0.15) is 0 Å². The van der Waals surface area contributed by atoms with Gasteiger partial charge in [-0.1, -0.05) is 0 Å². The molecule has 0 aromatic carbocycles. The van der Waals surface area contributed by atoms with Crippen LogP contribution in [0.4, 0.5) is 5.95 Å². The van der Waals surface area contributed by atoms with E-state index in [1.165, 1.54) is 51.1 Å². The molecule has 1 aromatic heterocycles. The van der Waals surface area contributed by atoms with E-state index in [2.05, 4.69) is 20.6 Å². The summed E-state index contributed by atoms with van der Waals surface area (Å²) in [4.78, 5) is 30.3. The summed E-state index contributed by atoms with van der Waals surface area (Å²) >= 11 is 0. The second-order valence-corrected chi connectivity index (χ2v) is 7.80. The first-order valence-corrected chi connectivity index (χ1v) is 8.62. The van der Waals surface area contributed by atoms with E-state index in [-0.39, 0.29) is 23.8 Å². The molecule has 0 radical (unpaired) electrons. The first-order valence-electron chi connectivity index (χ1n) is 8.62. The van der Waals surface area contributed by atoms with Crippen LogP contribution in [-0.4, -0.2) is 28.3 Å². The number of anilines is 1. The fourth-order valence-electron chi connectivity index (χ4n) is 5.48. The Balaban J connectivity index is 1.46. The van der Waals surface area contributed by atoms with Crippen LogP contribution in [-0.2, 0) is 15.0 Å². The maximum absolute atomic E-state index is 11.8. The van der Waals surface area contributed by atoms with Crippen molar-refractivity contribution in [3.8, 4) is 0 Å². The van der Waals surface area contributed by atoms with Gasteiger partial charge in [-0.05, 0) is 56.3 Å². The van der Waals surface area contributed by atoms with Gasteiger partial charge in [-0.15, -0.1) is 0 Å². The summed E-state index contributed by atoms with van der Waals surface area (Å²) in [7, 11) is 0. The molecule has 2 amide bonds. The molecule has 4 fully saturated rings. The van der Waals surface area contributed by atoms with Crippen molar-refractivity contribution in [2.45, 2.75) is 50.9 Å². The molecule has 0 saturated heterocycles. The molecule has 4 aliphatic rings. The zero-order chi connectivity index (χ0) is 16.0. The van der Waals surface area contributed by atoms with Crippen LogP contribution in [0.3, 0.4) is 0 Å². The molecular weight excluding hydrogens is 292 g/mol. The minimum Gasteiger partial charge on any atom is -0.347 e. The molecular formula is C17H24N4O2. The third-order valence-electron chi connectivity index (χ3n) is 5.94. The predicted molar refractivity (Wildman–Crippen MR) is 85.8 cm³/mol. The Morgan fingerprint density at radius 2 is 1.83 bits per heavy atom. The van der Waals surface area contributed by atoms with Gasteiger partial charge < -0.3 is 10.3 Å². The largest absolute Gasteiger partial charge is 0.347 e. The molecule has 6 heteroatoms. The molecule has 0 unspecified atom stereocenters. The zero-order valence-electron chi connectivity index (χ0n) is 13.5. The number of carbonyl (C=O) groups excluding carboxylic acids is 2. The molecule has 0 spiro atoms. The van der Waals surface area contributed by atoms with Gasteiger partial charge in [0.05, 0.1) is 12.7 Å². The molecule has 6 nitrogen and oxygen atoms in total. The molecule has 0 atom stereocenters. The molecule has 4 aliphatic carbocycles. The highest BCUT2D eigenvalue weighted by atomic mass is 16.2. The van der Waals surface area contributed by atoms with Gasteiger partial charge in [-0.25, -0.2) is 4.98 Å². The fourth-order valence-corrected chi connectivity index (χ4v) is 5.48. The Kier molecular flexibility index (Phi) is 3.43. The van der Waals surface area contributed by atoms with Crippen LogP contribution >= 0.6 is 0 Å². The third-order valence-corrected chi connectivity index (χ3v) is 5.94. The number of aromatic nitrogens is 2. The number of hydrogen-bond donors (Lipinski definition) is 3. The van der Waals surface area contributed by atoms with Gasteiger partial charge in [0.15, 0.2) is 0 Å². The predicted octanol–water partition coefficient (Wildman–Crippen LogP) is 1.95. The van der Waals surface area contributed by atoms with Crippen LogP contribution in [0.25, 0.3) is 0 Å². The first-order chi connectivity index (χ1) is 11.0. The van der Waals surface area contributed by atoms with E-state index in [0.29, 0.717) is 5.95 Å². The van der Waals surface area contributed by atoms with E-state index < -0.39 is 0 Å². The second-order valence-electron chi connectivity index (χ2n) is 7.80. The SMILES string of the molecule is CC(=O)NCC(=O)Nc1ncc(C23CC4CC(CC(C4)C2)C3)[nH]1. The Labute approximate surface area is 135 Å².